The molecular formula is C11H9N5O4S. The zero-order chi connectivity index (χ0) is 15.0. The van der Waals surface area contributed by atoms with Gasteiger partial charge < -0.3 is 5.11 Å². The number of hydrogen-bond donors (Lipinski definition) is 4. The van der Waals surface area contributed by atoms with E-state index >= 15 is 0 Å². The van der Waals surface area contributed by atoms with Crippen LogP contribution in [0.15, 0.2) is 35.6 Å². The maximum absolute atomic E-state index is 12.3. The number of nitrogens with one attached hydrogen (secondary N) is 3. The number of H-pyrrole nitrogens is 2. The van der Waals surface area contributed by atoms with E-state index in [1.807, 2.05) is 0 Å². The third-order valence-corrected chi connectivity index (χ3v) is 4.17. The number of rotatable bonds is 4. The number of carboxylic acids is 1. The van der Waals surface area contributed by atoms with Crippen molar-refractivity contribution in [3.8, 4) is 0 Å². The molecule has 0 saturated heterocycles. The third-order valence-electron chi connectivity index (χ3n) is 2.83. The Hall–Kier alpha value is -2.88. The lowest BCUT2D eigenvalue weighted by Crippen LogP contribution is -2.16. The normalized spacial score (nSPS) is 11.6. The quantitative estimate of drug-likeness (QED) is 0.561. The molecule has 3 rings (SSSR count). The number of anilines is 1. The van der Waals surface area contributed by atoms with E-state index in [-0.39, 0.29) is 5.69 Å². The number of aromatic carboxylic acids is 1. The monoisotopic (exact) mass is 307 g/mol. The fraction of sp³-hybridized carbons (Fsp3) is 0. The second-order valence-electron chi connectivity index (χ2n) is 4.16. The summed E-state index contributed by atoms with van der Waals surface area (Å²) in [7, 11) is -4.11. The van der Waals surface area contributed by atoms with Crippen molar-refractivity contribution in [1.82, 2.24) is 20.4 Å². The Labute approximate surface area is 118 Å². The minimum absolute atomic E-state index is 0.284. The van der Waals surface area contributed by atoms with Gasteiger partial charge in [0.05, 0.1) is 23.6 Å². The summed E-state index contributed by atoms with van der Waals surface area (Å²) < 4.78 is 26.9. The number of fused-ring (bicyclic) bond motifs is 1. The molecule has 0 atom stereocenters. The largest absolute Gasteiger partial charge is 0.478 e. The molecule has 21 heavy (non-hydrogen) atoms. The van der Waals surface area contributed by atoms with Gasteiger partial charge in [-0.2, -0.15) is 18.6 Å². The maximum atomic E-state index is 12.3. The Morgan fingerprint density at radius 3 is 2.71 bits per heavy atom. The number of benzene rings is 1. The lowest BCUT2D eigenvalue weighted by molar-refractivity contribution is 0.0692. The molecule has 0 unspecified atom stereocenters. The van der Waals surface area contributed by atoms with E-state index in [1.165, 1.54) is 6.20 Å². The number of aromatic nitrogens is 4. The Bertz CT molecular complexity index is 927. The Morgan fingerprint density at radius 2 is 1.95 bits per heavy atom. The second kappa shape index (κ2) is 4.59. The van der Waals surface area contributed by atoms with Crippen LogP contribution < -0.4 is 4.72 Å². The first-order valence-corrected chi connectivity index (χ1v) is 7.19. The number of carbonyl (C=O) groups is 1. The van der Waals surface area contributed by atoms with E-state index in [0.29, 0.717) is 10.9 Å². The first-order chi connectivity index (χ1) is 9.99. The highest BCUT2D eigenvalue weighted by Crippen LogP contribution is 2.24. The number of hydrogen-bond acceptors (Lipinski definition) is 5. The highest BCUT2D eigenvalue weighted by Gasteiger charge is 2.25. The average molecular weight is 307 g/mol. The van der Waals surface area contributed by atoms with Crippen molar-refractivity contribution in [2.75, 3.05) is 4.72 Å². The standard InChI is InChI=1S/C11H9N5O4S/c17-11(18)7-5-13-15-10(7)21(19,20)16-9-3-1-2-8-6(9)4-12-14-8/h1-5,16H,(H,12,14)(H,13,15)(H,17,18). The molecule has 108 valence electrons. The van der Waals surface area contributed by atoms with E-state index < -0.39 is 26.6 Å². The Kier molecular flexibility index (Phi) is 2.87. The molecular weight excluding hydrogens is 298 g/mol. The molecule has 2 aromatic heterocycles. The van der Waals surface area contributed by atoms with E-state index in [2.05, 4.69) is 25.1 Å². The van der Waals surface area contributed by atoms with Crippen molar-refractivity contribution in [2.45, 2.75) is 5.03 Å². The summed E-state index contributed by atoms with van der Waals surface area (Å²) in [4.78, 5) is 11.0. The molecule has 0 aliphatic carbocycles. The summed E-state index contributed by atoms with van der Waals surface area (Å²) in [6.45, 7) is 0. The topological polar surface area (TPSA) is 141 Å². The van der Waals surface area contributed by atoms with Crippen LogP contribution in [0.5, 0.6) is 0 Å². The second-order valence-corrected chi connectivity index (χ2v) is 5.78. The molecule has 0 radical (unpaired) electrons. The summed E-state index contributed by atoms with van der Waals surface area (Å²) >= 11 is 0. The van der Waals surface area contributed by atoms with Crippen LogP contribution in [0.25, 0.3) is 10.9 Å². The van der Waals surface area contributed by atoms with Crippen molar-refractivity contribution in [3.63, 3.8) is 0 Å². The number of aromatic amines is 2. The van der Waals surface area contributed by atoms with Crippen molar-refractivity contribution in [1.29, 1.82) is 0 Å². The predicted molar refractivity (Wildman–Crippen MR) is 72.4 cm³/mol. The van der Waals surface area contributed by atoms with Gasteiger partial charge in [-0.3, -0.25) is 14.9 Å². The van der Waals surface area contributed by atoms with Gasteiger partial charge in [-0.25, -0.2) is 4.79 Å². The van der Waals surface area contributed by atoms with Crippen LogP contribution in [0.3, 0.4) is 0 Å². The lowest BCUT2D eigenvalue weighted by atomic mass is 10.2. The minimum Gasteiger partial charge on any atom is -0.478 e. The van der Waals surface area contributed by atoms with E-state index in [4.69, 9.17) is 5.11 Å². The van der Waals surface area contributed by atoms with Crippen LogP contribution in [0.1, 0.15) is 10.4 Å². The molecule has 0 aliphatic rings. The van der Waals surface area contributed by atoms with E-state index in [0.717, 1.165) is 6.20 Å². The predicted octanol–water partition coefficient (Wildman–Crippen LogP) is 0.785. The molecule has 2 heterocycles. The van der Waals surface area contributed by atoms with Gasteiger partial charge in [-0.1, -0.05) is 6.07 Å². The fourth-order valence-electron chi connectivity index (χ4n) is 1.88. The minimum atomic E-state index is -4.11. The van der Waals surface area contributed by atoms with Crippen molar-refractivity contribution in [3.05, 3.63) is 36.2 Å². The zero-order valence-corrected chi connectivity index (χ0v) is 11.2. The highest BCUT2D eigenvalue weighted by molar-refractivity contribution is 7.92. The summed E-state index contributed by atoms with van der Waals surface area (Å²) in [5, 5.41) is 21.2. The first kappa shape index (κ1) is 13.1. The van der Waals surface area contributed by atoms with Crippen LogP contribution in [0.2, 0.25) is 0 Å². The zero-order valence-electron chi connectivity index (χ0n) is 10.4. The number of carboxylic acid groups (broad SMARTS) is 1. The van der Waals surface area contributed by atoms with Crippen LogP contribution in [0.4, 0.5) is 5.69 Å². The summed E-state index contributed by atoms with van der Waals surface area (Å²) in [6.07, 6.45) is 2.41. The lowest BCUT2D eigenvalue weighted by Gasteiger charge is -2.07. The number of nitrogens with zero attached hydrogens (tertiary/aromatic N) is 2. The Morgan fingerprint density at radius 1 is 1.19 bits per heavy atom. The third kappa shape index (κ3) is 2.21. The highest BCUT2D eigenvalue weighted by atomic mass is 32.2. The molecule has 0 bridgehead atoms. The molecule has 1 aromatic carbocycles. The molecule has 0 fully saturated rings. The van der Waals surface area contributed by atoms with Gasteiger partial charge in [-0.05, 0) is 12.1 Å². The van der Waals surface area contributed by atoms with Crippen LogP contribution in [-0.2, 0) is 10.0 Å². The van der Waals surface area contributed by atoms with E-state index in [1.54, 1.807) is 18.2 Å². The average Bonchev–Trinajstić information content (AvgIpc) is 3.08. The van der Waals surface area contributed by atoms with Gasteiger partial charge in [0.25, 0.3) is 10.0 Å². The molecule has 3 aromatic rings. The fourth-order valence-corrected chi connectivity index (χ4v) is 3.06. The van der Waals surface area contributed by atoms with Crippen molar-refractivity contribution >= 4 is 32.6 Å². The van der Waals surface area contributed by atoms with Gasteiger partial charge in [0, 0.05) is 5.39 Å². The molecule has 9 nitrogen and oxygen atoms in total. The summed E-state index contributed by atoms with van der Waals surface area (Å²) in [5.74, 6) is -1.38. The summed E-state index contributed by atoms with van der Waals surface area (Å²) in [6, 6.07) is 4.93. The summed E-state index contributed by atoms with van der Waals surface area (Å²) in [5.41, 5.74) is 0.507. The molecule has 0 amide bonds. The van der Waals surface area contributed by atoms with Gasteiger partial charge >= 0.3 is 5.97 Å². The van der Waals surface area contributed by atoms with Crippen molar-refractivity contribution in [2.24, 2.45) is 0 Å². The number of sulfonamides is 1. The van der Waals surface area contributed by atoms with Gasteiger partial charge in [0.1, 0.15) is 5.56 Å². The maximum Gasteiger partial charge on any atom is 0.340 e. The van der Waals surface area contributed by atoms with Gasteiger partial charge in [0.2, 0.25) is 0 Å². The van der Waals surface area contributed by atoms with E-state index in [9.17, 15) is 13.2 Å². The van der Waals surface area contributed by atoms with Crippen LogP contribution in [-0.4, -0.2) is 39.9 Å². The van der Waals surface area contributed by atoms with Crippen molar-refractivity contribution < 1.29 is 18.3 Å². The molecule has 4 N–H and O–H groups in total. The van der Waals surface area contributed by atoms with Gasteiger partial charge in [0.15, 0.2) is 5.03 Å². The van der Waals surface area contributed by atoms with Crippen LogP contribution >= 0.6 is 0 Å². The first-order valence-electron chi connectivity index (χ1n) is 5.70. The SMILES string of the molecule is O=C(O)c1cn[nH]c1S(=O)(=O)Nc1cccc2[nH]ncc12. The molecule has 0 saturated carbocycles. The van der Waals surface area contributed by atoms with Gasteiger partial charge in [-0.15, -0.1) is 0 Å². The Balaban J connectivity index is 2.06. The smallest absolute Gasteiger partial charge is 0.340 e. The van der Waals surface area contributed by atoms with Crippen LogP contribution in [0, 0.1) is 0 Å². The molecule has 10 heteroatoms. The molecule has 0 aliphatic heterocycles. The molecule has 0 spiro atoms.